The van der Waals surface area contributed by atoms with Crippen LogP contribution in [0.4, 0.5) is 4.39 Å². The van der Waals surface area contributed by atoms with Crippen molar-refractivity contribution in [2.45, 2.75) is 25.8 Å². The van der Waals surface area contributed by atoms with Crippen molar-refractivity contribution in [3.63, 3.8) is 0 Å². The Morgan fingerprint density at radius 2 is 1.72 bits per heavy atom. The van der Waals surface area contributed by atoms with Gasteiger partial charge in [-0.25, -0.2) is 4.39 Å². The zero-order chi connectivity index (χ0) is 13.0. The minimum absolute atomic E-state index is 0.159. The predicted octanol–water partition coefficient (Wildman–Crippen LogP) is 3.63. The molecule has 94 valence electrons. The quantitative estimate of drug-likeness (QED) is 0.871. The lowest BCUT2D eigenvalue weighted by Gasteiger charge is -2.13. The molecule has 0 spiro atoms. The summed E-state index contributed by atoms with van der Waals surface area (Å²) in [6.07, 6.45) is 1.54. The van der Waals surface area contributed by atoms with Crippen molar-refractivity contribution in [2.24, 2.45) is 5.73 Å². The lowest BCUT2D eigenvalue weighted by molar-refractivity contribution is 0.593. The molecule has 2 aromatic rings. The fraction of sp³-hybridized carbons (Fsp3) is 0.250. The first-order valence-electron chi connectivity index (χ1n) is 6.28. The maximum absolute atomic E-state index is 13.5. The molecule has 18 heavy (non-hydrogen) atoms. The molecule has 0 radical (unpaired) electrons. The third kappa shape index (κ3) is 2.96. The van der Waals surface area contributed by atoms with Gasteiger partial charge in [0.25, 0.3) is 0 Å². The van der Waals surface area contributed by atoms with Gasteiger partial charge in [0.05, 0.1) is 0 Å². The fourth-order valence-electron chi connectivity index (χ4n) is 2.02. The second-order valence-corrected chi connectivity index (χ2v) is 4.50. The molecule has 0 heterocycles. The fourth-order valence-corrected chi connectivity index (χ4v) is 2.02. The van der Waals surface area contributed by atoms with E-state index < -0.39 is 0 Å². The van der Waals surface area contributed by atoms with Gasteiger partial charge in [0.1, 0.15) is 5.82 Å². The van der Waals surface area contributed by atoms with Crippen molar-refractivity contribution in [2.75, 3.05) is 0 Å². The summed E-state index contributed by atoms with van der Waals surface area (Å²) < 4.78 is 13.5. The Kier molecular flexibility index (Phi) is 4.11. The number of rotatable bonds is 4. The molecule has 0 aromatic heterocycles. The summed E-state index contributed by atoms with van der Waals surface area (Å²) in [5.74, 6) is -0.182. The molecular formula is C16H18FN. The molecular weight excluding hydrogens is 225 g/mol. The van der Waals surface area contributed by atoms with Gasteiger partial charge in [-0.2, -0.15) is 0 Å². The molecule has 2 N–H and O–H groups in total. The molecule has 0 bridgehead atoms. The van der Waals surface area contributed by atoms with Crippen molar-refractivity contribution in [1.82, 2.24) is 0 Å². The van der Waals surface area contributed by atoms with Crippen LogP contribution in [-0.2, 0) is 12.8 Å². The van der Waals surface area contributed by atoms with Gasteiger partial charge in [-0.1, -0.05) is 49.4 Å². The monoisotopic (exact) mass is 243 g/mol. The first-order chi connectivity index (χ1) is 8.70. The van der Waals surface area contributed by atoms with Gasteiger partial charge in [0.15, 0.2) is 0 Å². The Morgan fingerprint density at radius 1 is 1.06 bits per heavy atom. The molecule has 0 saturated carbocycles. The first-order valence-corrected chi connectivity index (χ1v) is 6.28. The molecule has 2 aromatic carbocycles. The van der Waals surface area contributed by atoms with Crippen LogP contribution in [0, 0.1) is 5.82 Å². The Morgan fingerprint density at radius 3 is 2.33 bits per heavy atom. The standard InChI is InChI=1S/C16H18FN/c1-2-12-7-9-13(10-8-12)16(18)11-14-5-3-4-6-15(14)17/h3-10,16H,2,11,18H2,1H3. The number of hydrogen-bond acceptors (Lipinski definition) is 1. The number of halogens is 1. The number of hydrogen-bond donors (Lipinski definition) is 1. The SMILES string of the molecule is CCc1ccc(C(N)Cc2ccccc2F)cc1. The lowest BCUT2D eigenvalue weighted by atomic mass is 9.98. The highest BCUT2D eigenvalue weighted by Crippen LogP contribution is 2.18. The molecule has 0 aliphatic rings. The largest absolute Gasteiger partial charge is 0.324 e. The van der Waals surface area contributed by atoms with Crippen LogP contribution in [0.5, 0.6) is 0 Å². The van der Waals surface area contributed by atoms with Gasteiger partial charge in [-0.05, 0) is 35.6 Å². The van der Waals surface area contributed by atoms with Gasteiger partial charge >= 0.3 is 0 Å². The Balaban J connectivity index is 2.11. The lowest BCUT2D eigenvalue weighted by Crippen LogP contribution is -2.14. The Hall–Kier alpha value is -1.67. The van der Waals surface area contributed by atoms with Crippen molar-refractivity contribution in [3.05, 3.63) is 71.0 Å². The maximum Gasteiger partial charge on any atom is 0.126 e. The van der Waals surface area contributed by atoms with Gasteiger partial charge in [-0.3, -0.25) is 0 Å². The highest BCUT2D eigenvalue weighted by Gasteiger charge is 2.09. The van der Waals surface area contributed by atoms with Crippen LogP contribution in [0.15, 0.2) is 48.5 Å². The van der Waals surface area contributed by atoms with Crippen LogP contribution in [0.1, 0.15) is 29.7 Å². The van der Waals surface area contributed by atoms with Crippen LogP contribution >= 0.6 is 0 Å². The second-order valence-electron chi connectivity index (χ2n) is 4.50. The van der Waals surface area contributed by atoms with Gasteiger partial charge in [0.2, 0.25) is 0 Å². The maximum atomic E-state index is 13.5. The molecule has 0 aliphatic carbocycles. The van der Waals surface area contributed by atoms with Crippen molar-refractivity contribution in [1.29, 1.82) is 0 Å². The summed E-state index contributed by atoms with van der Waals surface area (Å²) in [6, 6.07) is 14.9. The Bertz CT molecular complexity index is 505. The van der Waals surface area contributed by atoms with E-state index in [1.165, 1.54) is 11.6 Å². The Labute approximate surface area is 107 Å². The van der Waals surface area contributed by atoms with E-state index in [2.05, 4.69) is 19.1 Å². The molecule has 0 amide bonds. The van der Waals surface area contributed by atoms with Crippen LogP contribution in [0.2, 0.25) is 0 Å². The molecule has 0 fully saturated rings. The van der Waals surface area contributed by atoms with Crippen LogP contribution in [-0.4, -0.2) is 0 Å². The van der Waals surface area contributed by atoms with E-state index in [4.69, 9.17) is 5.73 Å². The van der Waals surface area contributed by atoms with E-state index in [9.17, 15) is 4.39 Å². The highest BCUT2D eigenvalue weighted by molar-refractivity contribution is 5.27. The topological polar surface area (TPSA) is 26.0 Å². The summed E-state index contributed by atoms with van der Waals surface area (Å²) in [4.78, 5) is 0. The van der Waals surface area contributed by atoms with Gasteiger partial charge in [-0.15, -0.1) is 0 Å². The third-order valence-electron chi connectivity index (χ3n) is 3.21. The summed E-state index contributed by atoms with van der Waals surface area (Å²) >= 11 is 0. The summed E-state index contributed by atoms with van der Waals surface area (Å²) in [7, 11) is 0. The second kappa shape index (κ2) is 5.78. The summed E-state index contributed by atoms with van der Waals surface area (Å²) in [5, 5.41) is 0. The minimum atomic E-state index is -0.182. The van der Waals surface area contributed by atoms with E-state index in [0.29, 0.717) is 12.0 Å². The van der Waals surface area contributed by atoms with E-state index in [1.807, 2.05) is 18.2 Å². The highest BCUT2D eigenvalue weighted by atomic mass is 19.1. The molecule has 0 aliphatic heterocycles. The normalized spacial score (nSPS) is 12.4. The van der Waals surface area contributed by atoms with Crippen LogP contribution in [0.3, 0.4) is 0 Å². The van der Waals surface area contributed by atoms with Gasteiger partial charge in [0, 0.05) is 6.04 Å². The number of benzene rings is 2. The predicted molar refractivity (Wildman–Crippen MR) is 72.9 cm³/mol. The van der Waals surface area contributed by atoms with E-state index in [-0.39, 0.29) is 11.9 Å². The molecule has 1 unspecified atom stereocenters. The number of nitrogens with two attached hydrogens (primary N) is 1. The van der Waals surface area contributed by atoms with E-state index >= 15 is 0 Å². The summed E-state index contributed by atoms with van der Waals surface area (Å²) in [5.41, 5.74) is 9.13. The molecule has 1 nitrogen and oxygen atoms in total. The number of aryl methyl sites for hydroxylation is 1. The van der Waals surface area contributed by atoms with Crippen LogP contribution < -0.4 is 5.73 Å². The smallest absolute Gasteiger partial charge is 0.126 e. The van der Waals surface area contributed by atoms with Crippen molar-refractivity contribution in [3.8, 4) is 0 Å². The van der Waals surface area contributed by atoms with E-state index in [1.54, 1.807) is 12.1 Å². The van der Waals surface area contributed by atoms with Crippen LogP contribution in [0.25, 0.3) is 0 Å². The average molecular weight is 243 g/mol. The molecule has 0 saturated heterocycles. The van der Waals surface area contributed by atoms with Gasteiger partial charge < -0.3 is 5.73 Å². The van der Waals surface area contributed by atoms with Crippen molar-refractivity contribution >= 4 is 0 Å². The molecule has 2 heteroatoms. The molecule has 2 rings (SSSR count). The summed E-state index contributed by atoms with van der Waals surface area (Å²) in [6.45, 7) is 2.12. The first kappa shape index (κ1) is 12.8. The zero-order valence-electron chi connectivity index (χ0n) is 10.6. The van der Waals surface area contributed by atoms with E-state index in [0.717, 1.165) is 12.0 Å². The van der Waals surface area contributed by atoms with Crippen molar-refractivity contribution < 1.29 is 4.39 Å². The minimum Gasteiger partial charge on any atom is -0.324 e. The zero-order valence-corrected chi connectivity index (χ0v) is 10.6. The average Bonchev–Trinajstić information content (AvgIpc) is 2.41. The third-order valence-corrected chi connectivity index (χ3v) is 3.21. The molecule has 1 atom stereocenters.